The summed E-state index contributed by atoms with van der Waals surface area (Å²) in [6.07, 6.45) is 0.795. The minimum Gasteiger partial charge on any atom is -0.457 e. The van der Waals surface area contributed by atoms with Crippen LogP contribution in [0.25, 0.3) is 0 Å². The van der Waals surface area contributed by atoms with Crippen molar-refractivity contribution >= 4 is 16.2 Å². The summed E-state index contributed by atoms with van der Waals surface area (Å²) in [5, 5.41) is -5.09. The van der Waals surface area contributed by atoms with E-state index in [0.717, 1.165) is 0 Å². The molecule has 82 valence electrons. The van der Waals surface area contributed by atoms with Crippen molar-refractivity contribution in [3.8, 4) is 0 Å². The largest absolute Gasteiger partial charge is 0.470 e. The van der Waals surface area contributed by atoms with Crippen molar-refractivity contribution in [2.75, 3.05) is 0 Å². The smallest absolute Gasteiger partial charge is 0.457 e. The van der Waals surface area contributed by atoms with Crippen LogP contribution in [0.3, 0.4) is 0 Å². The van der Waals surface area contributed by atoms with Crippen molar-refractivity contribution < 1.29 is 30.6 Å². The fraction of sp³-hybridized carbons (Fsp3) is 0.833. The van der Waals surface area contributed by atoms with Gasteiger partial charge in [-0.1, -0.05) is 3.89 Å². The zero-order valence-corrected chi connectivity index (χ0v) is 7.69. The second-order valence-electron chi connectivity index (χ2n) is 2.91. The standard InChI is InChI=1S/C6H7F3O4S/c7-6(8,14(9,11)12)5(10)13-4-2-1-3-4/h4H,1-3H2. The third kappa shape index (κ3) is 1.99. The van der Waals surface area contributed by atoms with E-state index < -0.39 is 27.6 Å². The van der Waals surface area contributed by atoms with Crippen molar-refractivity contribution in [3.63, 3.8) is 0 Å². The van der Waals surface area contributed by atoms with Gasteiger partial charge in [-0.3, -0.25) is 0 Å². The lowest BCUT2D eigenvalue weighted by atomic mass is 9.96. The van der Waals surface area contributed by atoms with E-state index in [9.17, 15) is 25.9 Å². The van der Waals surface area contributed by atoms with Crippen molar-refractivity contribution in [1.82, 2.24) is 0 Å². The number of hydrogen-bond acceptors (Lipinski definition) is 4. The molecule has 0 aromatic heterocycles. The van der Waals surface area contributed by atoms with Gasteiger partial charge in [0.05, 0.1) is 0 Å². The van der Waals surface area contributed by atoms with Crippen LogP contribution in [0.1, 0.15) is 19.3 Å². The maximum Gasteiger partial charge on any atom is 0.470 e. The lowest BCUT2D eigenvalue weighted by molar-refractivity contribution is -0.170. The van der Waals surface area contributed by atoms with Crippen LogP contribution < -0.4 is 0 Å². The molecule has 0 spiro atoms. The minimum atomic E-state index is -6.24. The summed E-state index contributed by atoms with van der Waals surface area (Å²) < 4.78 is 60.5. The van der Waals surface area contributed by atoms with E-state index in [-0.39, 0.29) is 0 Å². The number of carbonyl (C=O) groups is 1. The topological polar surface area (TPSA) is 60.4 Å². The van der Waals surface area contributed by atoms with Crippen LogP contribution in [-0.2, 0) is 19.8 Å². The van der Waals surface area contributed by atoms with Gasteiger partial charge in [0.15, 0.2) is 0 Å². The molecule has 0 aromatic rings. The number of hydrogen-bond donors (Lipinski definition) is 0. The van der Waals surface area contributed by atoms with Crippen molar-refractivity contribution in [1.29, 1.82) is 0 Å². The Bertz CT molecular complexity index is 333. The van der Waals surface area contributed by atoms with E-state index >= 15 is 0 Å². The fourth-order valence-corrected chi connectivity index (χ4v) is 1.06. The highest BCUT2D eigenvalue weighted by atomic mass is 32.3. The fourth-order valence-electron chi connectivity index (χ4n) is 0.808. The van der Waals surface area contributed by atoms with Gasteiger partial charge in [0.1, 0.15) is 6.10 Å². The van der Waals surface area contributed by atoms with E-state index in [0.29, 0.717) is 19.3 Å². The van der Waals surface area contributed by atoms with Crippen LogP contribution in [0.4, 0.5) is 12.7 Å². The van der Waals surface area contributed by atoms with Gasteiger partial charge in [0.2, 0.25) is 0 Å². The van der Waals surface area contributed by atoms with Gasteiger partial charge in [0, 0.05) is 0 Å². The molecular formula is C6H7F3O4S. The van der Waals surface area contributed by atoms with Crippen molar-refractivity contribution in [2.45, 2.75) is 30.6 Å². The van der Waals surface area contributed by atoms with E-state index in [1.165, 1.54) is 0 Å². The van der Waals surface area contributed by atoms with Crippen molar-refractivity contribution in [2.24, 2.45) is 0 Å². The first-order chi connectivity index (χ1) is 6.25. The van der Waals surface area contributed by atoms with Gasteiger partial charge >= 0.3 is 21.4 Å². The molecule has 0 heterocycles. The van der Waals surface area contributed by atoms with E-state index in [1.807, 2.05) is 0 Å². The quantitative estimate of drug-likeness (QED) is 0.537. The molecule has 1 saturated carbocycles. The summed E-state index contributed by atoms with van der Waals surface area (Å²) >= 11 is 0. The van der Waals surface area contributed by atoms with Gasteiger partial charge in [-0.25, -0.2) is 4.79 Å². The summed E-state index contributed by atoms with van der Waals surface area (Å²) in [4.78, 5) is 10.5. The highest BCUT2D eigenvalue weighted by Gasteiger charge is 2.56. The molecule has 0 aromatic carbocycles. The highest BCUT2D eigenvalue weighted by molar-refractivity contribution is 7.88. The molecule has 1 fully saturated rings. The van der Waals surface area contributed by atoms with Crippen LogP contribution in [-0.4, -0.2) is 25.7 Å². The zero-order chi connectivity index (χ0) is 11.0. The molecule has 0 N–H and O–H groups in total. The number of carbonyl (C=O) groups excluding carboxylic acids is 1. The summed E-state index contributed by atoms with van der Waals surface area (Å²) in [5.74, 6) is -2.34. The second-order valence-corrected chi connectivity index (χ2v) is 4.30. The molecule has 0 aliphatic heterocycles. The summed E-state index contributed by atoms with van der Waals surface area (Å²) in [5.41, 5.74) is 0. The van der Waals surface area contributed by atoms with Crippen LogP contribution in [0.15, 0.2) is 0 Å². The lowest BCUT2D eigenvalue weighted by Crippen LogP contribution is -2.40. The Kier molecular flexibility index (Phi) is 2.75. The molecular weight excluding hydrogens is 225 g/mol. The Morgan fingerprint density at radius 1 is 1.36 bits per heavy atom. The van der Waals surface area contributed by atoms with Crippen LogP contribution in [0.2, 0.25) is 0 Å². The number of esters is 1. The first-order valence-electron chi connectivity index (χ1n) is 3.78. The molecule has 0 atom stereocenters. The van der Waals surface area contributed by atoms with Crippen LogP contribution in [0.5, 0.6) is 0 Å². The Balaban J connectivity index is 2.67. The summed E-state index contributed by atoms with van der Waals surface area (Å²) in [7, 11) is -6.24. The molecule has 14 heavy (non-hydrogen) atoms. The Morgan fingerprint density at radius 2 is 1.86 bits per heavy atom. The van der Waals surface area contributed by atoms with Crippen LogP contribution >= 0.6 is 0 Å². The molecule has 1 rings (SSSR count). The maximum atomic E-state index is 12.4. The molecule has 0 unspecified atom stereocenters. The molecule has 0 radical (unpaired) electrons. The normalized spacial score (nSPS) is 18.8. The third-order valence-corrected chi connectivity index (χ3v) is 2.65. The van der Waals surface area contributed by atoms with Crippen LogP contribution in [0, 0.1) is 0 Å². The van der Waals surface area contributed by atoms with E-state index in [4.69, 9.17) is 0 Å². The molecule has 4 nitrogen and oxygen atoms in total. The SMILES string of the molecule is O=C(OC1CCC1)C(F)(F)S(=O)(=O)F. The predicted octanol–water partition coefficient (Wildman–Crippen LogP) is 0.974. The average molecular weight is 232 g/mol. The van der Waals surface area contributed by atoms with Gasteiger partial charge < -0.3 is 4.74 Å². The highest BCUT2D eigenvalue weighted by Crippen LogP contribution is 2.29. The second kappa shape index (κ2) is 3.41. The third-order valence-electron chi connectivity index (χ3n) is 1.87. The average Bonchev–Trinajstić information content (AvgIpc) is 1.93. The minimum absolute atomic E-state index is 0.397. The van der Waals surface area contributed by atoms with Gasteiger partial charge in [0.25, 0.3) is 0 Å². The molecule has 1 aliphatic carbocycles. The van der Waals surface area contributed by atoms with Gasteiger partial charge in [-0.05, 0) is 19.3 Å². The Labute approximate surface area is 78.3 Å². The summed E-state index contributed by atoms with van der Waals surface area (Å²) in [6.45, 7) is 0. The van der Waals surface area contributed by atoms with Crippen molar-refractivity contribution in [3.05, 3.63) is 0 Å². The molecule has 1 aliphatic rings. The maximum absolute atomic E-state index is 12.4. The number of rotatable bonds is 3. The lowest BCUT2D eigenvalue weighted by Gasteiger charge is -2.26. The predicted molar refractivity (Wildman–Crippen MR) is 38.7 cm³/mol. The first-order valence-corrected chi connectivity index (χ1v) is 5.16. The molecule has 0 saturated heterocycles. The van der Waals surface area contributed by atoms with E-state index in [2.05, 4.69) is 4.74 Å². The van der Waals surface area contributed by atoms with Gasteiger partial charge in [-0.15, -0.1) is 0 Å². The van der Waals surface area contributed by atoms with E-state index in [1.54, 1.807) is 0 Å². The number of ether oxygens (including phenoxy) is 1. The molecule has 8 heteroatoms. The summed E-state index contributed by atoms with van der Waals surface area (Å²) in [6, 6.07) is 0. The number of halogens is 3. The molecule has 0 amide bonds. The van der Waals surface area contributed by atoms with Gasteiger partial charge in [-0.2, -0.15) is 17.2 Å². The molecule has 0 bridgehead atoms. The number of alkyl halides is 2. The Morgan fingerprint density at radius 3 is 2.14 bits per heavy atom. The zero-order valence-electron chi connectivity index (χ0n) is 6.87. The first kappa shape index (κ1) is 11.3. The Hall–Kier alpha value is -0.790. The monoisotopic (exact) mass is 232 g/mol.